The van der Waals surface area contributed by atoms with Crippen molar-refractivity contribution >= 4 is 28.1 Å². The second-order valence-corrected chi connectivity index (χ2v) is 7.63. The summed E-state index contributed by atoms with van der Waals surface area (Å²) >= 11 is 1.42. The predicted molar refractivity (Wildman–Crippen MR) is 116 cm³/mol. The van der Waals surface area contributed by atoms with Gasteiger partial charge in [-0.15, -0.1) is 11.3 Å². The van der Waals surface area contributed by atoms with E-state index < -0.39 is 5.91 Å². The Kier molecular flexibility index (Phi) is 5.24. The van der Waals surface area contributed by atoms with E-state index in [4.69, 9.17) is 5.73 Å². The zero-order chi connectivity index (χ0) is 21.3. The quantitative estimate of drug-likeness (QED) is 0.482. The summed E-state index contributed by atoms with van der Waals surface area (Å²) in [5, 5.41) is 5.79. The maximum absolute atomic E-state index is 13.1. The Bertz CT molecular complexity index is 1220. The lowest BCUT2D eigenvalue weighted by Crippen LogP contribution is -2.13. The molecule has 4 aromatic rings. The molecule has 0 aliphatic heterocycles. The van der Waals surface area contributed by atoms with E-state index in [1.54, 1.807) is 30.3 Å². The van der Waals surface area contributed by atoms with Crippen molar-refractivity contribution in [2.75, 3.05) is 5.32 Å². The second kappa shape index (κ2) is 8.00. The van der Waals surface area contributed by atoms with Crippen LogP contribution in [-0.4, -0.2) is 20.9 Å². The topological polar surface area (TPSA) is 93.8 Å². The molecule has 0 aliphatic rings. The number of primary amides is 1. The molecular weight excluding hydrogens is 401 g/mol. The van der Waals surface area contributed by atoms with Gasteiger partial charge in [0.15, 0.2) is 11.0 Å². The number of carbonyl (C=O) groups excluding carboxylic acids is 1. The van der Waals surface area contributed by atoms with Crippen LogP contribution in [0, 0.1) is 19.7 Å². The summed E-state index contributed by atoms with van der Waals surface area (Å²) < 4.78 is 13.1. The van der Waals surface area contributed by atoms with E-state index in [9.17, 15) is 9.18 Å². The molecule has 0 spiro atoms. The van der Waals surface area contributed by atoms with E-state index in [1.165, 1.54) is 23.5 Å². The van der Waals surface area contributed by atoms with Crippen molar-refractivity contribution in [3.63, 3.8) is 0 Å². The smallest absolute Gasteiger partial charge is 0.249 e. The number of nitrogens with two attached hydrogens (primary N) is 1. The minimum Gasteiger partial charge on any atom is -0.366 e. The summed E-state index contributed by atoms with van der Waals surface area (Å²) in [6, 6.07) is 13.2. The number of rotatable bonds is 5. The number of benzene rings is 2. The number of hydrogen-bond acceptors (Lipinski definition) is 6. The van der Waals surface area contributed by atoms with Crippen molar-refractivity contribution in [2.24, 2.45) is 5.73 Å². The second-order valence-electron chi connectivity index (χ2n) is 6.77. The van der Waals surface area contributed by atoms with Gasteiger partial charge in [0.05, 0.1) is 11.3 Å². The van der Waals surface area contributed by atoms with Crippen LogP contribution in [0.4, 0.5) is 15.2 Å². The summed E-state index contributed by atoms with van der Waals surface area (Å²) in [5.41, 5.74) is 10.3. The zero-order valence-corrected chi connectivity index (χ0v) is 17.1. The Morgan fingerprint density at radius 1 is 1.00 bits per heavy atom. The summed E-state index contributed by atoms with van der Waals surface area (Å²) in [5.74, 6) is -0.397. The van der Waals surface area contributed by atoms with Gasteiger partial charge in [0.25, 0.3) is 0 Å². The van der Waals surface area contributed by atoms with Crippen LogP contribution in [0.1, 0.15) is 21.7 Å². The SMILES string of the molecule is Cc1cc(C)nc(-c2cc(Nc3nc(-c4ccc(F)cc4)cs3)ccc2C(N)=O)n1. The summed E-state index contributed by atoms with van der Waals surface area (Å²) in [4.78, 5) is 25.4. The van der Waals surface area contributed by atoms with Crippen LogP contribution in [0.5, 0.6) is 0 Å². The fraction of sp³-hybridized carbons (Fsp3) is 0.0909. The van der Waals surface area contributed by atoms with Gasteiger partial charge in [-0.1, -0.05) is 0 Å². The average Bonchev–Trinajstić information content (AvgIpc) is 3.16. The minimum atomic E-state index is -0.549. The molecule has 0 aliphatic carbocycles. The van der Waals surface area contributed by atoms with Crippen molar-refractivity contribution in [2.45, 2.75) is 13.8 Å². The number of hydrogen-bond donors (Lipinski definition) is 2. The van der Waals surface area contributed by atoms with E-state index in [0.717, 1.165) is 28.3 Å². The Labute approximate surface area is 176 Å². The fourth-order valence-electron chi connectivity index (χ4n) is 3.08. The first-order valence-corrected chi connectivity index (χ1v) is 10.0. The molecule has 2 aromatic heterocycles. The van der Waals surface area contributed by atoms with Crippen LogP contribution in [-0.2, 0) is 0 Å². The summed E-state index contributed by atoms with van der Waals surface area (Å²) in [7, 11) is 0. The summed E-state index contributed by atoms with van der Waals surface area (Å²) in [6.07, 6.45) is 0. The first-order chi connectivity index (χ1) is 14.4. The van der Waals surface area contributed by atoms with Crippen LogP contribution in [0.3, 0.4) is 0 Å². The Hall–Kier alpha value is -3.65. The number of aromatic nitrogens is 3. The van der Waals surface area contributed by atoms with Crippen molar-refractivity contribution < 1.29 is 9.18 Å². The van der Waals surface area contributed by atoms with Crippen LogP contribution in [0.15, 0.2) is 53.9 Å². The van der Waals surface area contributed by atoms with Crippen LogP contribution >= 0.6 is 11.3 Å². The largest absolute Gasteiger partial charge is 0.366 e. The minimum absolute atomic E-state index is 0.289. The van der Waals surface area contributed by atoms with Crippen molar-refractivity contribution in [3.05, 3.63) is 76.7 Å². The van der Waals surface area contributed by atoms with Gasteiger partial charge in [-0.25, -0.2) is 19.3 Å². The van der Waals surface area contributed by atoms with Gasteiger partial charge in [-0.05, 0) is 62.4 Å². The molecule has 2 aromatic carbocycles. The van der Waals surface area contributed by atoms with E-state index >= 15 is 0 Å². The van der Waals surface area contributed by atoms with Crippen molar-refractivity contribution in [3.8, 4) is 22.6 Å². The maximum atomic E-state index is 13.1. The molecule has 8 heteroatoms. The normalized spacial score (nSPS) is 10.8. The number of halogens is 1. The number of anilines is 2. The molecule has 0 bridgehead atoms. The third-order valence-electron chi connectivity index (χ3n) is 4.40. The summed E-state index contributed by atoms with van der Waals surface area (Å²) in [6.45, 7) is 3.74. The number of amides is 1. The number of aryl methyl sites for hydroxylation is 2. The molecule has 0 saturated heterocycles. The molecule has 150 valence electrons. The van der Waals surface area contributed by atoms with Crippen LogP contribution in [0.2, 0.25) is 0 Å². The van der Waals surface area contributed by atoms with Gasteiger partial charge < -0.3 is 11.1 Å². The molecule has 30 heavy (non-hydrogen) atoms. The van der Waals surface area contributed by atoms with Crippen molar-refractivity contribution in [1.82, 2.24) is 15.0 Å². The highest BCUT2D eigenvalue weighted by molar-refractivity contribution is 7.14. The lowest BCUT2D eigenvalue weighted by molar-refractivity contribution is 0.100. The average molecular weight is 419 g/mol. The van der Waals surface area contributed by atoms with Gasteiger partial charge in [0.1, 0.15) is 5.82 Å². The standard InChI is InChI=1S/C22H18FN5OS/c1-12-9-13(2)26-21(25-12)18-10-16(7-8-17(18)20(24)29)27-22-28-19(11-30-22)14-3-5-15(23)6-4-14/h3-11H,1-2H3,(H2,24,29)(H,27,28). The third-order valence-corrected chi connectivity index (χ3v) is 5.16. The van der Waals surface area contributed by atoms with E-state index in [2.05, 4.69) is 20.3 Å². The first-order valence-electron chi connectivity index (χ1n) is 9.14. The zero-order valence-electron chi connectivity index (χ0n) is 16.3. The number of thiazole rings is 1. The van der Waals surface area contributed by atoms with Gasteiger partial charge in [-0.2, -0.15) is 0 Å². The molecule has 4 rings (SSSR count). The molecule has 0 radical (unpaired) electrons. The molecule has 0 unspecified atom stereocenters. The number of nitrogens with zero attached hydrogens (tertiary/aromatic N) is 3. The van der Waals surface area contributed by atoms with Crippen molar-refractivity contribution in [1.29, 1.82) is 0 Å². The molecular formula is C22H18FN5OS. The molecule has 1 amide bonds. The number of nitrogens with one attached hydrogen (secondary N) is 1. The van der Waals surface area contributed by atoms with Crippen LogP contribution in [0.25, 0.3) is 22.6 Å². The molecule has 0 fully saturated rings. The predicted octanol–water partition coefficient (Wildman–Crippen LogP) is 4.87. The van der Waals surface area contributed by atoms with Gasteiger partial charge >= 0.3 is 0 Å². The Morgan fingerprint density at radius 3 is 2.37 bits per heavy atom. The molecule has 0 saturated carbocycles. The van der Waals surface area contributed by atoms with E-state index in [0.29, 0.717) is 22.1 Å². The van der Waals surface area contributed by atoms with E-state index in [1.807, 2.05) is 25.3 Å². The fourth-order valence-corrected chi connectivity index (χ4v) is 3.82. The van der Waals surface area contributed by atoms with Gasteiger partial charge in [0.2, 0.25) is 5.91 Å². The molecule has 0 atom stereocenters. The Morgan fingerprint density at radius 2 is 1.70 bits per heavy atom. The van der Waals surface area contributed by atoms with E-state index in [-0.39, 0.29) is 5.82 Å². The van der Waals surface area contributed by atoms with Gasteiger partial charge in [-0.3, -0.25) is 4.79 Å². The monoisotopic (exact) mass is 419 g/mol. The van der Waals surface area contributed by atoms with Gasteiger partial charge in [0, 0.05) is 33.6 Å². The molecule has 6 nitrogen and oxygen atoms in total. The molecule has 3 N–H and O–H groups in total. The lowest BCUT2D eigenvalue weighted by atomic mass is 10.0. The highest BCUT2D eigenvalue weighted by Crippen LogP contribution is 2.30. The Balaban J connectivity index is 1.67. The lowest BCUT2D eigenvalue weighted by Gasteiger charge is -2.10. The number of carbonyl (C=O) groups is 1. The first kappa shape index (κ1) is 19.7. The third kappa shape index (κ3) is 4.18. The highest BCUT2D eigenvalue weighted by atomic mass is 32.1. The van der Waals surface area contributed by atoms with Crippen LogP contribution < -0.4 is 11.1 Å². The maximum Gasteiger partial charge on any atom is 0.249 e. The molecule has 2 heterocycles. The highest BCUT2D eigenvalue weighted by Gasteiger charge is 2.15.